The number of hydrogen-bond acceptors (Lipinski definition) is 1. The van der Waals surface area contributed by atoms with Crippen LogP contribution in [0.5, 0.6) is 0 Å². The molecule has 0 bridgehead atoms. The second-order valence-corrected chi connectivity index (χ2v) is 4.16. The molecule has 1 aliphatic carbocycles. The lowest BCUT2D eigenvalue weighted by Crippen LogP contribution is -2.18. The van der Waals surface area contributed by atoms with E-state index in [1.54, 1.807) is 0 Å². The second kappa shape index (κ2) is 4.09. The van der Waals surface area contributed by atoms with Crippen molar-refractivity contribution in [2.45, 2.75) is 19.3 Å². The molecule has 0 heterocycles. The van der Waals surface area contributed by atoms with E-state index in [2.05, 4.69) is 0 Å². The lowest BCUT2D eigenvalue weighted by atomic mass is 9.95. The molecular formula is C12H16FN. The Balaban J connectivity index is 1.98. The third-order valence-corrected chi connectivity index (χ3v) is 3.00. The van der Waals surface area contributed by atoms with Crippen molar-refractivity contribution in [3.63, 3.8) is 0 Å². The highest BCUT2D eigenvalue weighted by molar-refractivity contribution is 5.17. The Labute approximate surface area is 84.1 Å². The summed E-state index contributed by atoms with van der Waals surface area (Å²) in [7, 11) is 0. The molecule has 1 nitrogen and oxygen atoms in total. The standard InChI is InChI=1S/C12H16FN/c13-12-5-1-9(2-6-12)7-11(8-14)10-3-4-10/h1-2,5-6,10-11H,3-4,7-8,14H2/t11-/m0/s1. The molecule has 76 valence electrons. The zero-order chi connectivity index (χ0) is 9.97. The zero-order valence-electron chi connectivity index (χ0n) is 8.25. The summed E-state index contributed by atoms with van der Waals surface area (Å²) < 4.78 is 12.7. The molecule has 1 aromatic rings. The summed E-state index contributed by atoms with van der Waals surface area (Å²) >= 11 is 0. The highest BCUT2D eigenvalue weighted by Gasteiger charge is 2.29. The van der Waals surface area contributed by atoms with Gasteiger partial charge in [-0.25, -0.2) is 4.39 Å². The van der Waals surface area contributed by atoms with Crippen LogP contribution >= 0.6 is 0 Å². The summed E-state index contributed by atoms with van der Waals surface area (Å²) in [5.41, 5.74) is 6.92. The van der Waals surface area contributed by atoms with Crippen molar-refractivity contribution in [2.75, 3.05) is 6.54 Å². The topological polar surface area (TPSA) is 26.0 Å². The van der Waals surface area contributed by atoms with Crippen molar-refractivity contribution in [1.29, 1.82) is 0 Å². The van der Waals surface area contributed by atoms with Gasteiger partial charge in [-0.05, 0) is 55.3 Å². The van der Waals surface area contributed by atoms with E-state index in [-0.39, 0.29) is 5.82 Å². The molecule has 2 N–H and O–H groups in total. The minimum absolute atomic E-state index is 0.163. The Morgan fingerprint density at radius 1 is 1.29 bits per heavy atom. The van der Waals surface area contributed by atoms with Gasteiger partial charge in [0, 0.05) is 0 Å². The van der Waals surface area contributed by atoms with Gasteiger partial charge < -0.3 is 5.73 Å². The van der Waals surface area contributed by atoms with Crippen LogP contribution in [0.3, 0.4) is 0 Å². The highest BCUT2D eigenvalue weighted by atomic mass is 19.1. The largest absolute Gasteiger partial charge is 0.330 e. The van der Waals surface area contributed by atoms with Gasteiger partial charge in [0.15, 0.2) is 0 Å². The van der Waals surface area contributed by atoms with Crippen LogP contribution < -0.4 is 5.73 Å². The predicted octanol–water partition coefficient (Wildman–Crippen LogP) is 2.35. The van der Waals surface area contributed by atoms with Crippen molar-refractivity contribution in [1.82, 2.24) is 0 Å². The Morgan fingerprint density at radius 2 is 1.93 bits per heavy atom. The monoisotopic (exact) mass is 193 g/mol. The predicted molar refractivity (Wildman–Crippen MR) is 55.4 cm³/mol. The van der Waals surface area contributed by atoms with Gasteiger partial charge in [-0.2, -0.15) is 0 Å². The van der Waals surface area contributed by atoms with Crippen molar-refractivity contribution in [3.8, 4) is 0 Å². The molecule has 0 radical (unpaired) electrons. The fourth-order valence-corrected chi connectivity index (χ4v) is 1.93. The second-order valence-electron chi connectivity index (χ2n) is 4.16. The summed E-state index contributed by atoms with van der Waals surface area (Å²) in [6, 6.07) is 6.77. The molecular weight excluding hydrogens is 177 g/mol. The Kier molecular flexibility index (Phi) is 2.82. The van der Waals surface area contributed by atoms with Crippen molar-refractivity contribution < 1.29 is 4.39 Å². The molecule has 0 aromatic heterocycles. The summed E-state index contributed by atoms with van der Waals surface area (Å²) in [6.07, 6.45) is 3.65. The van der Waals surface area contributed by atoms with Crippen LogP contribution in [0.25, 0.3) is 0 Å². The Hall–Kier alpha value is -0.890. The van der Waals surface area contributed by atoms with Crippen LogP contribution in [0.15, 0.2) is 24.3 Å². The zero-order valence-corrected chi connectivity index (χ0v) is 8.25. The summed E-state index contributed by atoms with van der Waals surface area (Å²) in [5, 5.41) is 0. The van der Waals surface area contributed by atoms with Crippen LogP contribution in [-0.4, -0.2) is 6.54 Å². The number of halogens is 1. The first-order chi connectivity index (χ1) is 6.79. The highest BCUT2D eigenvalue weighted by Crippen LogP contribution is 2.37. The molecule has 14 heavy (non-hydrogen) atoms. The number of nitrogens with two attached hydrogens (primary N) is 1. The Bertz CT molecular complexity index is 290. The van der Waals surface area contributed by atoms with E-state index in [1.165, 1.54) is 30.5 Å². The van der Waals surface area contributed by atoms with Crippen LogP contribution in [0.4, 0.5) is 4.39 Å². The molecule has 2 rings (SSSR count). The van der Waals surface area contributed by atoms with Crippen molar-refractivity contribution in [3.05, 3.63) is 35.6 Å². The quantitative estimate of drug-likeness (QED) is 0.780. The molecule has 0 aliphatic heterocycles. The average molecular weight is 193 g/mol. The first-order valence-electron chi connectivity index (χ1n) is 5.24. The maximum atomic E-state index is 12.7. The van der Waals surface area contributed by atoms with Gasteiger partial charge in [0.1, 0.15) is 5.82 Å². The fraction of sp³-hybridized carbons (Fsp3) is 0.500. The molecule has 0 amide bonds. The van der Waals surface area contributed by atoms with E-state index < -0.39 is 0 Å². The van der Waals surface area contributed by atoms with Gasteiger partial charge in [0.2, 0.25) is 0 Å². The maximum absolute atomic E-state index is 12.7. The van der Waals surface area contributed by atoms with E-state index in [0.29, 0.717) is 5.92 Å². The van der Waals surface area contributed by atoms with E-state index in [4.69, 9.17) is 5.73 Å². The van der Waals surface area contributed by atoms with Crippen LogP contribution in [0.1, 0.15) is 18.4 Å². The van der Waals surface area contributed by atoms with Gasteiger partial charge >= 0.3 is 0 Å². The molecule has 1 aromatic carbocycles. The van der Waals surface area contributed by atoms with Crippen LogP contribution in [0.2, 0.25) is 0 Å². The minimum Gasteiger partial charge on any atom is -0.330 e. The van der Waals surface area contributed by atoms with Gasteiger partial charge in [-0.1, -0.05) is 12.1 Å². The molecule has 1 saturated carbocycles. The molecule has 0 unspecified atom stereocenters. The van der Waals surface area contributed by atoms with Crippen molar-refractivity contribution >= 4 is 0 Å². The van der Waals surface area contributed by atoms with Crippen molar-refractivity contribution in [2.24, 2.45) is 17.6 Å². The fourth-order valence-electron chi connectivity index (χ4n) is 1.93. The van der Waals surface area contributed by atoms with Gasteiger partial charge in [0.25, 0.3) is 0 Å². The molecule has 1 aliphatic rings. The SMILES string of the molecule is NC[C@H](Cc1ccc(F)cc1)C1CC1. The number of rotatable bonds is 4. The summed E-state index contributed by atoms with van der Waals surface area (Å²) in [6.45, 7) is 0.752. The first-order valence-corrected chi connectivity index (χ1v) is 5.24. The first kappa shape index (κ1) is 9.66. The summed E-state index contributed by atoms with van der Waals surface area (Å²) in [5.74, 6) is 1.26. The average Bonchev–Trinajstić information content (AvgIpc) is 3.01. The lowest BCUT2D eigenvalue weighted by molar-refractivity contribution is 0.470. The number of hydrogen-bond donors (Lipinski definition) is 1. The van der Waals surface area contributed by atoms with Gasteiger partial charge in [0.05, 0.1) is 0 Å². The molecule has 0 saturated heterocycles. The van der Waals surface area contributed by atoms with Crippen LogP contribution in [-0.2, 0) is 6.42 Å². The third kappa shape index (κ3) is 2.32. The summed E-state index contributed by atoms with van der Waals surface area (Å²) in [4.78, 5) is 0. The van der Waals surface area contributed by atoms with E-state index in [9.17, 15) is 4.39 Å². The molecule has 1 fully saturated rings. The molecule has 2 heteroatoms. The van der Waals surface area contributed by atoms with E-state index in [1.807, 2.05) is 12.1 Å². The van der Waals surface area contributed by atoms with Gasteiger partial charge in [-0.15, -0.1) is 0 Å². The number of benzene rings is 1. The van der Waals surface area contributed by atoms with Gasteiger partial charge in [-0.3, -0.25) is 0 Å². The van der Waals surface area contributed by atoms with Crippen LogP contribution in [0, 0.1) is 17.7 Å². The van der Waals surface area contributed by atoms with E-state index in [0.717, 1.165) is 18.9 Å². The van der Waals surface area contributed by atoms with E-state index >= 15 is 0 Å². The third-order valence-electron chi connectivity index (χ3n) is 3.00. The molecule has 0 spiro atoms. The lowest BCUT2D eigenvalue weighted by Gasteiger charge is -2.13. The molecule has 1 atom stereocenters. The maximum Gasteiger partial charge on any atom is 0.123 e. The minimum atomic E-state index is -0.163. The normalized spacial score (nSPS) is 18.1. The smallest absolute Gasteiger partial charge is 0.123 e. The Morgan fingerprint density at radius 3 is 2.43 bits per heavy atom.